The molecule has 0 aliphatic rings. The van der Waals surface area contributed by atoms with Crippen LogP contribution in [-0.4, -0.2) is 36.0 Å². The summed E-state index contributed by atoms with van der Waals surface area (Å²) in [6, 6.07) is 8.88. The molecular weight excluding hydrogens is 290 g/mol. The van der Waals surface area contributed by atoms with Gasteiger partial charge in [0.15, 0.2) is 0 Å². The van der Waals surface area contributed by atoms with Crippen molar-refractivity contribution in [3.8, 4) is 0 Å². The predicted octanol–water partition coefficient (Wildman–Crippen LogP) is 0.863. The van der Waals surface area contributed by atoms with E-state index in [0.29, 0.717) is 0 Å². The molecule has 0 bridgehead atoms. The van der Waals surface area contributed by atoms with Crippen molar-refractivity contribution < 1.29 is 13.5 Å². The molecule has 6 nitrogen and oxygen atoms in total. The zero-order chi connectivity index (χ0) is 15.5. The number of nitrogens with zero attached hydrogens (tertiary/aromatic N) is 2. The highest BCUT2D eigenvalue weighted by molar-refractivity contribution is 7.89. The maximum absolute atomic E-state index is 12.3. The summed E-state index contributed by atoms with van der Waals surface area (Å²) in [6.07, 6.45) is 2.70. The highest BCUT2D eigenvalue weighted by Crippen LogP contribution is 2.20. The molecule has 2 aromatic rings. The molecule has 0 spiro atoms. The molecule has 2 N–H and O–H groups in total. The van der Waals surface area contributed by atoms with Crippen LogP contribution in [0.1, 0.15) is 18.4 Å². The molecule has 21 heavy (non-hydrogen) atoms. The summed E-state index contributed by atoms with van der Waals surface area (Å²) in [5.41, 5.74) is 0.963. The van der Waals surface area contributed by atoms with Crippen LogP contribution < -0.4 is 4.72 Å². The number of benzene rings is 1. The zero-order valence-corrected chi connectivity index (χ0v) is 12.8. The van der Waals surface area contributed by atoms with Crippen LogP contribution in [0.25, 0.3) is 0 Å². The highest BCUT2D eigenvalue weighted by Gasteiger charge is 2.25. The van der Waals surface area contributed by atoms with Gasteiger partial charge in [-0.3, -0.25) is 4.68 Å². The first-order chi connectivity index (χ1) is 9.94. The van der Waals surface area contributed by atoms with Crippen molar-refractivity contribution in [3.63, 3.8) is 0 Å². The van der Waals surface area contributed by atoms with Crippen molar-refractivity contribution in [3.05, 3.63) is 48.3 Å². The Kier molecular flexibility index (Phi) is 4.76. The Bertz CT molecular complexity index is 682. The third-order valence-electron chi connectivity index (χ3n) is 3.42. The van der Waals surface area contributed by atoms with E-state index >= 15 is 0 Å². The summed E-state index contributed by atoms with van der Waals surface area (Å²) in [7, 11) is -2.05. The molecule has 0 aliphatic heterocycles. The summed E-state index contributed by atoms with van der Waals surface area (Å²) < 4.78 is 28.5. The molecule has 1 heterocycles. The van der Waals surface area contributed by atoms with E-state index in [2.05, 4.69) is 9.82 Å². The molecule has 0 unspecified atom stereocenters. The molecule has 1 aromatic carbocycles. The third-order valence-corrected chi connectivity index (χ3v) is 4.87. The van der Waals surface area contributed by atoms with Gasteiger partial charge in [0.05, 0.1) is 18.8 Å². The Morgan fingerprint density at radius 3 is 2.52 bits per heavy atom. The predicted molar refractivity (Wildman–Crippen MR) is 79.3 cm³/mol. The van der Waals surface area contributed by atoms with Gasteiger partial charge in [0.25, 0.3) is 0 Å². The number of nitrogens with one attached hydrogen (secondary N) is 1. The van der Waals surface area contributed by atoms with Crippen LogP contribution in [0, 0.1) is 0 Å². The third kappa shape index (κ3) is 3.69. The lowest BCUT2D eigenvalue weighted by molar-refractivity contribution is 0.242. The lowest BCUT2D eigenvalue weighted by Gasteiger charge is -2.23. The largest absolute Gasteiger partial charge is 0.395 e. The maximum Gasteiger partial charge on any atom is 0.244 e. The van der Waals surface area contributed by atoms with Crippen LogP contribution in [0.15, 0.2) is 47.6 Å². The van der Waals surface area contributed by atoms with E-state index in [4.69, 9.17) is 0 Å². The maximum atomic E-state index is 12.3. The van der Waals surface area contributed by atoms with Crippen LogP contribution in [0.5, 0.6) is 0 Å². The molecular formula is C14H19N3O3S. The first kappa shape index (κ1) is 15.7. The number of rotatable bonds is 6. The molecule has 0 radical (unpaired) electrons. The minimum atomic E-state index is -3.70. The molecule has 0 amide bonds. The second kappa shape index (κ2) is 6.38. The Hall–Kier alpha value is -1.70. The molecule has 1 aromatic heterocycles. The fourth-order valence-corrected chi connectivity index (χ4v) is 3.38. The van der Waals surface area contributed by atoms with Crippen LogP contribution in [0.2, 0.25) is 0 Å². The Labute approximate surface area is 124 Å². The SMILES string of the molecule is C[C@@H](c1ccccc1)[C@@H](CO)NS(=O)(=O)c1cnn(C)c1. The topological polar surface area (TPSA) is 84.2 Å². The van der Waals surface area contributed by atoms with Crippen LogP contribution in [-0.2, 0) is 17.1 Å². The van der Waals surface area contributed by atoms with Crippen LogP contribution in [0.4, 0.5) is 0 Å². The molecule has 0 aliphatic carbocycles. The number of aromatic nitrogens is 2. The number of sulfonamides is 1. The van der Waals surface area contributed by atoms with Crippen molar-refractivity contribution in [1.82, 2.24) is 14.5 Å². The monoisotopic (exact) mass is 309 g/mol. The Morgan fingerprint density at radius 1 is 1.33 bits per heavy atom. The van der Waals surface area contributed by atoms with Crippen molar-refractivity contribution in [2.24, 2.45) is 7.05 Å². The standard InChI is InChI=1S/C14H19N3O3S/c1-11(12-6-4-3-5-7-12)14(10-18)16-21(19,20)13-8-15-17(2)9-13/h3-9,11,14,16,18H,10H2,1-2H3/t11-,14+/m0/s1. The van der Waals surface area contributed by atoms with Gasteiger partial charge in [-0.05, 0) is 11.5 Å². The van der Waals surface area contributed by atoms with Gasteiger partial charge in [0.2, 0.25) is 10.0 Å². The van der Waals surface area contributed by atoms with E-state index in [9.17, 15) is 13.5 Å². The summed E-state index contributed by atoms with van der Waals surface area (Å²) in [5, 5.41) is 13.4. The van der Waals surface area contributed by atoms with Gasteiger partial charge in [-0.25, -0.2) is 13.1 Å². The number of hydrogen-bond acceptors (Lipinski definition) is 4. The number of aryl methyl sites for hydroxylation is 1. The van der Waals surface area contributed by atoms with Gasteiger partial charge in [0.1, 0.15) is 4.90 Å². The van der Waals surface area contributed by atoms with Crippen molar-refractivity contribution >= 4 is 10.0 Å². The second-order valence-electron chi connectivity index (χ2n) is 4.96. The van der Waals surface area contributed by atoms with Crippen molar-refractivity contribution in [2.45, 2.75) is 23.8 Å². The smallest absolute Gasteiger partial charge is 0.244 e. The molecule has 0 saturated carbocycles. The second-order valence-corrected chi connectivity index (χ2v) is 6.67. The number of hydrogen-bond donors (Lipinski definition) is 2. The van der Waals surface area contributed by atoms with Gasteiger partial charge in [0, 0.05) is 13.2 Å². The molecule has 114 valence electrons. The zero-order valence-electron chi connectivity index (χ0n) is 12.0. The average molecular weight is 309 g/mol. The molecule has 0 fully saturated rings. The van der Waals surface area contributed by atoms with Gasteiger partial charge < -0.3 is 5.11 Å². The fraction of sp³-hybridized carbons (Fsp3) is 0.357. The normalized spacial score (nSPS) is 14.8. The quantitative estimate of drug-likeness (QED) is 0.829. The molecule has 2 atom stereocenters. The summed E-state index contributed by atoms with van der Waals surface area (Å²) in [6.45, 7) is 1.59. The van der Waals surface area contributed by atoms with Gasteiger partial charge in [-0.15, -0.1) is 0 Å². The fourth-order valence-electron chi connectivity index (χ4n) is 2.09. The lowest BCUT2D eigenvalue weighted by Crippen LogP contribution is -2.40. The average Bonchev–Trinajstić information content (AvgIpc) is 2.92. The number of aliphatic hydroxyl groups excluding tert-OH is 1. The van der Waals surface area contributed by atoms with Gasteiger partial charge in [-0.1, -0.05) is 37.3 Å². The first-order valence-corrected chi connectivity index (χ1v) is 8.09. The molecule has 2 rings (SSSR count). The molecule has 0 saturated heterocycles. The number of aliphatic hydroxyl groups is 1. The van der Waals surface area contributed by atoms with E-state index in [0.717, 1.165) is 5.56 Å². The van der Waals surface area contributed by atoms with Crippen LogP contribution in [0.3, 0.4) is 0 Å². The van der Waals surface area contributed by atoms with E-state index in [1.54, 1.807) is 7.05 Å². The van der Waals surface area contributed by atoms with Gasteiger partial charge in [-0.2, -0.15) is 5.10 Å². The van der Waals surface area contributed by atoms with E-state index < -0.39 is 16.1 Å². The van der Waals surface area contributed by atoms with E-state index in [-0.39, 0.29) is 17.4 Å². The minimum Gasteiger partial charge on any atom is -0.395 e. The van der Waals surface area contributed by atoms with Gasteiger partial charge >= 0.3 is 0 Å². The van der Waals surface area contributed by atoms with Crippen molar-refractivity contribution in [2.75, 3.05) is 6.61 Å². The molecule has 7 heteroatoms. The van der Waals surface area contributed by atoms with E-state index in [1.807, 2.05) is 37.3 Å². The van der Waals surface area contributed by atoms with Crippen LogP contribution >= 0.6 is 0 Å². The summed E-state index contributed by atoms with van der Waals surface area (Å²) in [5.74, 6) is -0.150. The highest BCUT2D eigenvalue weighted by atomic mass is 32.2. The Morgan fingerprint density at radius 2 is 2.00 bits per heavy atom. The minimum absolute atomic E-state index is 0.0868. The summed E-state index contributed by atoms with van der Waals surface area (Å²) >= 11 is 0. The lowest BCUT2D eigenvalue weighted by atomic mass is 9.94. The van der Waals surface area contributed by atoms with E-state index in [1.165, 1.54) is 17.1 Å². The summed E-state index contributed by atoms with van der Waals surface area (Å²) in [4.78, 5) is 0.0868. The Balaban J connectivity index is 2.19. The van der Waals surface area contributed by atoms with Crippen molar-refractivity contribution in [1.29, 1.82) is 0 Å². The first-order valence-electron chi connectivity index (χ1n) is 6.61.